The SMILES string of the molecule is N#Cc1cccc(C#N)c1N1CCCN(c2cccnn2)CC1. The highest BCUT2D eigenvalue weighted by atomic mass is 15.3. The predicted octanol–water partition coefficient (Wildman–Crippen LogP) is 1.94. The molecule has 3 rings (SSSR count). The van der Waals surface area contributed by atoms with Gasteiger partial charge in [0.1, 0.15) is 12.1 Å². The van der Waals surface area contributed by atoms with Gasteiger partial charge < -0.3 is 9.80 Å². The lowest BCUT2D eigenvalue weighted by Crippen LogP contribution is -2.32. The standard InChI is InChI=1S/C17H16N6/c18-12-14-4-1-5-15(13-19)17(14)23-9-3-8-22(10-11-23)16-6-2-7-20-21-16/h1-2,4-7H,3,8-11H2. The van der Waals surface area contributed by atoms with Crippen molar-refractivity contribution in [2.45, 2.75) is 6.42 Å². The molecule has 1 aromatic carbocycles. The second kappa shape index (κ2) is 6.76. The summed E-state index contributed by atoms with van der Waals surface area (Å²) in [5, 5.41) is 26.8. The third-order valence-corrected chi connectivity index (χ3v) is 3.97. The van der Waals surface area contributed by atoms with E-state index in [4.69, 9.17) is 0 Å². The van der Waals surface area contributed by atoms with E-state index in [2.05, 4.69) is 32.1 Å². The first-order chi connectivity index (χ1) is 11.3. The van der Waals surface area contributed by atoms with E-state index >= 15 is 0 Å². The zero-order chi connectivity index (χ0) is 16.1. The Hall–Kier alpha value is -3.12. The largest absolute Gasteiger partial charge is 0.368 e. The van der Waals surface area contributed by atoms with Gasteiger partial charge in [0, 0.05) is 32.4 Å². The van der Waals surface area contributed by atoms with Gasteiger partial charge in [-0.1, -0.05) is 6.07 Å². The number of anilines is 2. The lowest BCUT2D eigenvalue weighted by atomic mass is 10.1. The van der Waals surface area contributed by atoms with E-state index in [-0.39, 0.29) is 0 Å². The Bertz CT molecular complexity index is 727. The lowest BCUT2D eigenvalue weighted by Gasteiger charge is -2.25. The molecule has 0 radical (unpaired) electrons. The number of nitrogens with zero attached hydrogens (tertiary/aromatic N) is 6. The molecule has 1 aliphatic rings. The molecule has 0 bridgehead atoms. The van der Waals surface area contributed by atoms with E-state index in [0.29, 0.717) is 11.1 Å². The molecule has 6 nitrogen and oxygen atoms in total. The molecule has 6 heteroatoms. The first-order valence-electron chi connectivity index (χ1n) is 7.54. The van der Waals surface area contributed by atoms with Gasteiger partial charge >= 0.3 is 0 Å². The number of benzene rings is 1. The number of hydrogen-bond acceptors (Lipinski definition) is 6. The minimum absolute atomic E-state index is 0.553. The Morgan fingerprint density at radius 2 is 1.57 bits per heavy atom. The number of rotatable bonds is 2. The van der Waals surface area contributed by atoms with Gasteiger partial charge in [-0.25, -0.2) is 0 Å². The molecule has 1 fully saturated rings. The van der Waals surface area contributed by atoms with Crippen LogP contribution >= 0.6 is 0 Å². The predicted molar refractivity (Wildman–Crippen MR) is 86.9 cm³/mol. The molecule has 1 aliphatic heterocycles. The molecule has 2 aromatic rings. The van der Waals surface area contributed by atoms with Crippen molar-refractivity contribution in [1.29, 1.82) is 10.5 Å². The van der Waals surface area contributed by atoms with Crippen molar-refractivity contribution in [3.05, 3.63) is 47.7 Å². The molecule has 1 aromatic heterocycles. The van der Waals surface area contributed by atoms with E-state index in [0.717, 1.165) is 44.1 Å². The van der Waals surface area contributed by atoms with E-state index < -0.39 is 0 Å². The van der Waals surface area contributed by atoms with Gasteiger partial charge in [-0.3, -0.25) is 0 Å². The molecule has 0 N–H and O–H groups in total. The van der Waals surface area contributed by atoms with Gasteiger partial charge in [0.25, 0.3) is 0 Å². The van der Waals surface area contributed by atoms with Gasteiger partial charge in [0.2, 0.25) is 0 Å². The van der Waals surface area contributed by atoms with Gasteiger partial charge in [0.05, 0.1) is 16.8 Å². The molecule has 23 heavy (non-hydrogen) atoms. The molecular weight excluding hydrogens is 288 g/mol. The molecule has 2 heterocycles. The van der Waals surface area contributed by atoms with Crippen LogP contribution in [0.2, 0.25) is 0 Å². The van der Waals surface area contributed by atoms with Gasteiger partial charge in [0.15, 0.2) is 5.82 Å². The van der Waals surface area contributed by atoms with Gasteiger partial charge in [-0.15, -0.1) is 5.10 Å². The molecule has 0 saturated carbocycles. The fraction of sp³-hybridized carbons (Fsp3) is 0.294. The fourth-order valence-corrected chi connectivity index (χ4v) is 2.90. The molecule has 1 saturated heterocycles. The van der Waals surface area contributed by atoms with E-state index in [1.165, 1.54) is 0 Å². The summed E-state index contributed by atoms with van der Waals surface area (Å²) < 4.78 is 0. The molecule has 114 valence electrons. The summed E-state index contributed by atoms with van der Waals surface area (Å²) in [6.45, 7) is 3.21. The average molecular weight is 304 g/mol. The van der Waals surface area contributed by atoms with E-state index in [9.17, 15) is 10.5 Å². The van der Waals surface area contributed by atoms with Crippen LogP contribution in [0.15, 0.2) is 36.5 Å². The smallest absolute Gasteiger partial charge is 0.151 e. The molecule has 0 amide bonds. The van der Waals surface area contributed by atoms with Crippen LogP contribution in [0.4, 0.5) is 11.5 Å². The molecule has 0 spiro atoms. The Balaban J connectivity index is 1.85. The van der Waals surface area contributed by atoms with Crippen LogP contribution in [0.25, 0.3) is 0 Å². The highest BCUT2D eigenvalue weighted by Gasteiger charge is 2.20. The van der Waals surface area contributed by atoms with Gasteiger partial charge in [-0.2, -0.15) is 15.6 Å². The summed E-state index contributed by atoms with van der Waals surface area (Å²) in [7, 11) is 0. The van der Waals surface area contributed by atoms with Crippen LogP contribution in [-0.4, -0.2) is 36.4 Å². The molecule has 0 aliphatic carbocycles. The van der Waals surface area contributed by atoms with Crippen LogP contribution in [-0.2, 0) is 0 Å². The fourth-order valence-electron chi connectivity index (χ4n) is 2.90. The quantitative estimate of drug-likeness (QED) is 0.843. The van der Waals surface area contributed by atoms with Crippen molar-refractivity contribution in [2.24, 2.45) is 0 Å². The Labute approximate surface area is 135 Å². The second-order valence-corrected chi connectivity index (χ2v) is 5.33. The molecule has 0 atom stereocenters. The number of aromatic nitrogens is 2. The first kappa shape index (κ1) is 14.8. The average Bonchev–Trinajstić information content (AvgIpc) is 2.87. The van der Waals surface area contributed by atoms with E-state index in [1.54, 1.807) is 24.4 Å². The topological polar surface area (TPSA) is 79.8 Å². The van der Waals surface area contributed by atoms with Crippen LogP contribution in [0.5, 0.6) is 0 Å². The summed E-state index contributed by atoms with van der Waals surface area (Å²) in [6, 6.07) is 13.5. The zero-order valence-electron chi connectivity index (χ0n) is 12.7. The van der Waals surface area contributed by atoms with Crippen LogP contribution < -0.4 is 9.80 Å². The third-order valence-electron chi connectivity index (χ3n) is 3.97. The normalized spacial score (nSPS) is 14.7. The van der Waals surface area contributed by atoms with Gasteiger partial charge in [-0.05, 0) is 30.7 Å². The Morgan fingerprint density at radius 1 is 0.870 bits per heavy atom. The molecule has 0 unspecified atom stereocenters. The summed E-state index contributed by atoms with van der Waals surface area (Å²) >= 11 is 0. The van der Waals surface area contributed by atoms with Crippen molar-refractivity contribution >= 4 is 11.5 Å². The maximum atomic E-state index is 9.35. The van der Waals surface area contributed by atoms with Crippen molar-refractivity contribution in [1.82, 2.24) is 10.2 Å². The summed E-state index contributed by atoms with van der Waals surface area (Å²) in [6.07, 6.45) is 2.59. The van der Waals surface area contributed by atoms with Crippen LogP contribution in [0, 0.1) is 22.7 Å². The minimum atomic E-state index is 0.553. The first-order valence-corrected chi connectivity index (χ1v) is 7.54. The van der Waals surface area contributed by atoms with E-state index in [1.807, 2.05) is 12.1 Å². The maximum Gasteiger partial charge on any atom is 0.151 e. The monoisotopic (exact) mass is 304 g/mol. The third kappa shape index (κ3) is 3.07. The van der Waals surface area contributed by atoms with Crippen molar-refractivity contribution < 1.29 is 0 Å². The lowest BCUT2D eigenvalue weighted by molar-refractivity contribution is 0.786. The number of hydrogen-bond donors (Lipinski definition) is 0. The maximum absolute atomic E-state index is 9.35. The zero-order valence-corrected chi connectivity index (χ0v) is 12.7. The van der Waals surface area contributed by atoms with Crippen LogP contribution in [0.3, 0.4) is 0 Å². The number of para-hydroxylation sites is 1. The highest BCUT2D eigenvalue weighted by Crippen LogP contribution is 2.26. The Morgan fingerprint density at radius 3 is 2.22 bits per heavy atom. The number of nitriles is 2. The Kier molecular flexibility index (Phi) is 4.35. The van der Waals surface area contributed by atoms with Crippen LogP contribution in [0.1, 0.15) is 17.5 Å². The highest BCUT2D eigenvalue weighted by molar-refractivity contribution is 5.68. The van der Waals surface area contributed by atoms with Crippen molar-refractivity contribution in [2.75, 3.05) is 36.0 Å². The summed E-state index contributed by atoms with van der Waals surface area (Å²) in [5.74, 6) is 0.864. The second-order valence-electron chi connectivity index (χ2n) is 5.33. The molecular formula is C17H16N6. The van der Waals surface area contributed by atoms with Crippen molar-refractivity contribution in [3.8, 4) is 12.1 Å². The van der Waals surface area contributed by atoms with Crippen molar-refractivity contribution in [3.63, 3.8) is 0 Å². The summed E-state index contributed by atoms with van der Waals surface area (Å²) in [5.41, 5.74) is 1.85. The summed E-state index contributed by atoms with van der Waals surface area (Å²) in [4.78, 5) is 4.32. The minimum Gasteiger partial charge on any atom is -0.368 e.